The van der Waals surface area contributed by atoms with Gasteiger partial charge in [0.05, 0.1) is 6.10 Å². The average Bonchev–Trinajstić information content (AvgIpc) is 2.38. The number of hydrogen-bond donors (Lipinski definition) is 1. The third-order valence-electron chi connectivity index (χ3n) is 4.08. The van der Waals surface area contributed by atoms with Crippen molar-refractivity contribution in [2.75, 3.05) is 18.5 Å². The van der Waals surface area contributed by atoms with E-state index in [1.165, 1.54) is 17.7 Å². The second-order valence-corrected chi connectivity index (χ2v) is 5.62. The number of fused-ring (bicyclic) bond motifs is 1. The highest BCUT2D eigenvalue weighted by atomic mass is 16.3. The van der Waals surface area contributed by atoms with E-state index in [0.717, 1.165) is 31.4 Å². The average molecular weight is 247 g/mol. The fraction of sp³-hybridized carbons (Fsp3) is 0.625. The fourth-order valence-electron chi connectivity index (χ4n) is 2.93. The van der Waals surface area contributed by atoms with Gasteiger partial charge in [0.1, 0.15) is 0 Å². The maximum absolute atomic E-state index is 10.4. The van der Waals surface area contributed by atoms with Crippen LogP contribution in [0, 0.1) is 5.92 Å². The number of rotatable bonds is 4. The molecular formula is C16H25NO. The first-order valence-corrected chi connectivity index (χ1v) is 7.15. The molecule has 1 aromatic carbocycles. The number of aliphatic hydroxyl groups is 1. The second kappa shape index (κ2) is 5.75. The lowest BCUT2D eigenvalue weighted by Crippen LogP contribution is -2.24. The Morgan fingerprint density at radius 1 is 1.39 bits per heavy atom. The minimum Gasteiger partial charge on any atom is -0.388 e. The third kappa shape index (κ3) is 2.69. The van der Waals surface area contributed by atoms with Crippen molar-refractivity contribution in [3.63, 3.8) is 0 Å². The monoisotopic (exact) mass is 247 g/mol. The molecule has 2 unspecified atom stereocenters. The number of aliphatic hydroxyl groups excluding tert-OH is 1. The molecule has 0 saturated carbocycles. The lowest BCUT2D eigenvalue weighted by atomic mass is 9.90. The van der Waals surface area contributed by atoms with Crippen LogP contribution in [0.2, 0.25) is 0 Å². The molecule has 1 N–H and O–H groups in total. The van der Waals surface area contributed by atoms with Crippen molar-refractivity contribution in [3.05, 3.63) is 29.3 Å². The molecule has 0 amide bonds. The van der Waals surface area contributed by atoms with Gasteiger partial charge in [-0.15, -0.1) is 0 Å². The predicted molar refractivity (Wildman–Crippen MR) is 77.1 cm³/mol. The summed E-state index contributed by atoms with van der Waals surface area (Å²) in [6.07, 6.45) is 4.25. The highest BCUT2D eigenvalue weighted by molar-refractivity contribution is 5.56. The van der Waals surface area contributed by atoms with E-state index < -0.39 is 0 Å². The Hall–Kier alpha value is -1.02. The summed E-state index contributed by atoms with van der Waals surface area (Å²) < 4.78 is 0. The minimum absolute atomic E-state index is 0.317. The van der Waals surface area contributed by atoms with Gasteiger partial charge in [0, 0.05) is 19.3 Å². The first-order valence-electron chi connectivity index (χ1n) is 7.15. The summed E-state index contributed by atoms with van der Waals surface area (Å²) in [6, 6.07) is 6.48. The largest absolute Gasteiger partial charge is 0.388 e. The Bertz CT molecular complexity index is 402. The summed E-state index contributed by atoms with van der Waals surface area (Å²) in [5, 5.41) is 10.4. The zero-order valence-electron chi connectivity index (χ0n) is 11.8. The van der Waals surface area contributed by atoms with E-state index in [-0.39, 0.29) is 6.10 Å². The molecule has 2 heteroatoms. The van der Waals surface area contributed by atoms with Crippen molar-refractivity contribution in [3.8, 4) is 0 Å². The van der Waals surface area contributed by atoms with E-state index in [0.29, 0.717) is 5.92 Å². The zero-order chi connectivity index (χ0) is 13.1. The SMILES string of the molecule is CCCC(C)C(O)c1ccc2c(c1)CCCN2C. The zero-order valence-corrected chi connectivity index (χ0v) is 11.8. The highest BCUT2D eigenvalue weighted by Crippen LogP contribution is 2.32. The molecule has 0 fully saturated rings. The lowest BCUT2D eigenvalue weighted by molar-refractivity contribution is 0.112. The van der Waals surface area contributed by atoms with Gasteiger partial charge in [0.25, 0.3) is 0 Å². The molecule has 1 heterocycles. The van der Waals surface area contributed by atoms with Crippen LogP contribution in [0.4, 0.5) is 5.69 Å². The van der Waals surface area contributed by atoms with E-state index in [1.54, 1.807) is 0 Å². The van der Waals surface area contributed by atoms with Crippen molar-refractivity contribution in [1.29, 1.82) is 0 Å². The smallest absolute Gasteiger partial charge is 0.0815 e. The van der Waals surface area contributed by atoms with Crippen molar-refractivity contribution in [2.45, 2.75) is 45.6 Å². The topological polar surface area (TPSA) is 23.5 Å². The Labute approximate surface area is 111 Å². The van der Waals surface area contributed by atoms with Gasteiger partial charge in [0.2, 0.25) is 0 Å². The van der Waals surface area contributed by atoms with Crippen molar-refractivity contribution in [1.82, 2.24) is 0 Å². The highest BCUT2D eigenvalue weighted by Gasteiger charge is 2.19. The van der Waals surface area contributed by atoms with Gasteiger partial charge in [-0.2, -0.15) is 0 Å². The molecule has 2 atom stereocenters. The molecule has 1 aliphatic heterocycles. The number of nitrogens with zero attached hydrogens (tertiary/aromatic N) is 1. The number of hydrogen-bond acceptors (Lipinski definition) is 2. The van der Waals surface area contributed by atoms with E-state index in [1.807, 2.05) is 0 Å². The third-order valence-corrected chi connectivity index (χ3v) is 4.08. The van der Waals surface area contributed by atoms with E-state index in [9.17, 15) is 5.11 Å². The molecule has 0 radical (unpaired) electrons. The molecule has 0 aliphatic carbocycles. The van der Waals surface area contributed by atoms with Crippen LogP contribution >= 0.6 is 0 Å². The van der Waals surface area contributed by atoms with Crippen molar-refractivity contribution in [2.24, 2.45) is 5.92 Å². The van der Waals surface area contributed by atoms with Gasteiger partial charge in [-0.1, -0.05) is 32.4 Å². The Balaban J connectivity index is 2.20. The Morgan fingerprint density at radius 3 is 2.89 bits per heavy atom. The summed E-state index contributed by atoms with van der Waals surface area (Å²) in [7, 11) is 2.15. The Kier molecular flexibility index (Phi) is 4.28. The second-order valence-electron chi connectivity index (χ2n) is 5.62. The van der Waals surface area contributed by atoms with Crippen LogP contribution in [-0.4, -0.2) is 18.7 Å². The molecule has 1 aromatic rings. The van der Waals surface area contributed by atoms with E-state index in [4.69, 9.17) is 0 Å². The van der Waals surface area contributed by atoms with Gasteiger partial charge in [-0.05, 0) is 42.4 Å². The summed E-state index contributed by atoms with van der Waals surface area (Å²) in [6.45, 7) is 5.45. The maximum Gasteiger partial charge on any atom is 0.0815 e. The fourth-order valence-corrected chi connectivity index (χ4v) is 2.93. The lowest BCUT2D eigenvalue weighted by Gasteiger charge is -2.29. The van der Waals surface area contributed by atoms with Gasteiger partial charge in [-0.3, -0.25) is 0 Å². The summed E-state index contributed by atoms with van der Waals surface area (Å²) in [5.41, 5.74) is 3.81. The maximum atomic E-state index is 10.4. The normalized spacial score (nSPS) is 18.3. The number of anilines is 1. The van der Waals surface area contributed by atoms with Crippen LogP contribution in [0.3, 0.4) is 0 Å². The summed E-state index contributed by atoms with van der Waals surface area (Å²) >= 11 is 0. The standard InChI is InChI=1S/C16H25NO/c1-4-6-12(2)16(18)14-8-9-15-13(11-14)7-5-10-17(15)3/h8-9,11-12,16,18H,4-7,10H2,1-3H3. The molecule has 0 saturated heterocycles. The molecule has 2 nitrogen and oxygen atoms in total. The summed E-state index contributed by atoms with van der Waals surface area (Å²) in [4.78, 5) is 2.31. The first-order chi connectivity index (χ1) is 8.63. The molecule has 2 rings (SSSR count). The van der Waals surface area contributed by atoms with Crippen molar-refractivity contribution >= 4 is 5.69 Å². The van der Waals surface area contributed by atoms with Gasteiger partial charge >= 0.3 is 0 Å². The van der Waals surface area contributed by atoms with Crippen LogP contribution in [0.25, 0.3) is 0 Å². The molecule has 100 valence electrons. The van der Waals surface area contributed by atoms with Crippen molar-refractivity contribution < 1.29 is 5.11 Å². The number of aryl methyl sites for hydroxylation is 1. The van der Waals surface area contributed by atoms with E-state index >= 15 is 0 Å². The van der Waals surface area contributed by atoms with Crippen LogP contribution in [0.15, 0.2) is 18.2 Å². The predicted octanol–water partition coefficient (Wildman–Crippen LogP) is 3.54. The molecule has 0 bridgehead atoms. The molecule has 1 aliphatic rings. The number of benzene rings is 1. The first kappa shape index (κ1) is 13.4. The van der Waals surface area contributed by atoms with Crippen LogP contribution in [0.5, 0.6) is 0 Å². The quantitative estimate of drug-likeness (QED) is 0.879. The van der Waals surface area contributed by atoms with Gasteiger partial charge < -0.3 is 10.0 Å². The summed E-state index contributed by atoms with van der Waals surface area (Å²) in [5.74, 6) is 0.342. The van der Waals surface area contributed by atoms with Gasteiger partial charge in [-0.25, -0.2) is 0 Å². The molecule has 0 aromatic heterocycles. The molecular weight excluding hydrogens is 222 g/mol. The van der Waals surface area contributed by atoms with Crippen LogP contribution < -0.4 is 4.90 Å². The van der Waals surface area contributed by atoms with Crippen LogP contribution in [-0.2, 0) is 6.42 Å². The van der Waals surface area contributed by atoms with Gasteiger partial charge in [0.15, 0.2) is 0 Å². The minimum atomic E-state index is -0.317. The van der Waals surface area contributed by atoms with E-state index in [2.05, 4.69) is 44.0 Å². The van der Waals surface area contributed by atoms with Crippen LogP contribution in [0.1, 0.15) is 50.3 Å². The Morgan fingerprint density at radius 2 is 2.17 bits per heavy atom. The molecule has 18 heavy (non-hydrogen) atoms. The molecule has 0 spiro atoms.